The van der Waals surface area contributed by atoms with Crippen LogP contribution in [0.25, 0.3) is 0 Å². The minimum atomic E-state index is -0.144. The summed E-state index contributed by atoms with van der Waals surface area (Å²) in [4.78, 5) is 26.8. The molecule has 1 aromatic heterocycles. The highest BCUT2D eigenvalue weighted by molar-refractivity contribution is 6.02. The molecule has 1 amide bonds. The second-order valence-electron chi connectivity index (χ2n) is 4.40. The molecular weight excluding hydrogens is 248 g/mol. The van der Waals surface area contributed by atoms with Crippen LogP contribution in [0.3, 0.4) is 0 Å². The van der Waals surface area contributed by atoms with Crippen LogP contribution >= 0.6 is 0 Å². The number of rotatable bonds is 2. The first-order valence-electron chi connectivity index (χ1n) is 6.09. The Hall–Kier alpha value is -2.18. The second-order valence-corrected chi connectivity index (χ2v) is 4.40. The third-order valence-electron chi connectivity index (χ3n) is 3.35. The zero-order valence-electron chi connectivity index (χ0n) is 10.8. The molecule has 3 heterocycles. The predicted molar refractivity (Wildman–Crippen MR) is 67.3 cm³/mol. The molecule has 1 saturated heterocycles. The summed E-state index contributed by atoms with van der Waals surface area (Å²) in [6.07, 6.45) is 3.68. The molecule has 0 unspecified atom stereocenters. The van der Waals surface area contributed by atoms with Crippen LogP contribution in [-0.4, -0.2) is 53.8 Å². The van der Waals surface area contributed by atoms with Crippen molar-refractivity contribution in [3.8, 4) is 11.9 Å². The Balaban J connectivity index is 2.16. The van der Waals surface area contributed by atoms with Crippen LogP contribution in [0.5, 0.6) is 11.9 Å². The summed E-state index contributed by atoms with van der Waals surface area (Å²) in [5.41, 5.74) is 0.618. The van der Waals surface area contributed by atoms with Gasteiger partial charge in [-0.15, -0.1) is 0 Å². The first kappa shape index (κ1) is 11.9. The van der Waals surface area contributed by atoms with Gasteiger partial charge in [0.1, 0.15) is 0 Å². The largest absolute Gasteiger partial charge is 0.479 e. The van der Waals surface area contributed by atoms with Gasteiger partial charge in [0.05, 0.1) is 20.3 Å². The first-order chi connectivity index (χ1) is 9.24. The van der Waals surface area contributed by atoms with Crippen LogP contribution in [0.1, 0.15) is 23.3 Å². The molecule has 3 rings (SSSR count). The number of methoxy groups -OCH3 is 2. The molecule has 1 fully saturated rings. The molecule has 0 saturated carbocycles. The SMILES string of the molecule is COc1nc(OC)c2c(n1)C(=O)N1CCC[C@H]1C=N2. The third kappa shape index (κ3) is 1.81. The lowest BCUT2D eigenvalue weighted by molar-refractivity contribution is 0.0767. The van der Waals surface area contributed by atoms with Gasteiger partial charge < -0.3 is 14.4 Å². The molecule has 1 atom stereocenters. The van der Waals surface area contributed by atoms with Crippen molar-refractivity contribution in [2.75, 3.05) is 20.8 Å². The van der Waals surface area contributed by atoms with Gasteiger partial charge in [0.25, 0.3) is 5.91 Å². The highest BCUT2D eigenvalue weighted by Crippen LogP contribution is 2.34. The maximum absolute atomic E-state index is 12.5. The number of carbonyl (C=O) groups is 1. The molecule has 0 N–H and O–H groups in total. The van der Waals surface area contributed by atoms with E-state index in [1.165, 1.54) is 14.2 Å². The van der Waals surface area contributed by atoms with E-state index in [4.69, 9.17) is 9.47 Å². The van der Waals surface area contributed by atoms with Crippen molar-refractivity contribution in [2.24, 2.45) is 4.99 Å². The van der Waals surface area contributed by atoms with Gasteiger partial charge in [0, 0.05) is 12.8 Å². The number of nitrogens with zero attached hydrogens (tertiary/aromatic N) is 4. The van der Waals surface area contributed by atoms with E-state index in [1.54, 1.807) is 11.1 Å². The molecule has 2 aliphatic heterocycles. The molecule has 0 spiro atoms. The van der Waals surface area contributed by atoms with Crippen LogP contribution in [0, 0.1) is 0 Å². The number of amides is 1. The first-order valence-corrected chi connectivity index (χ1v) is 6.09. The van der Waals surface area contributed by atoms with E-state index in [0.717, 1.165) is 19.4 Å². The van der Waals surface area contributed by atoms with Crippen LogP contribution in [0.2, 0.25) is 0 Å². The summed E-state index contributed by atoms with van der Waals surface area (Å²) in [5.74, 6) is 0.113. The molecule has 0 bridgehead atoms. The molecule has 0 aromatic carbocycles. The highest BCUT2D eigenvalue weighted by Gasteiger charge is 2.34. The number of aromatic nitrogens is 2. The lowest BCUT2D eigenvalue weighted by Gasteiger charge is -2.19. The molecule has 0 radical (unpaired) electrons. The van der Waals surface area contributed by atoms with E-state index in [2.05, 4.69) is 15.0 Å². The fourth-order valence-corrected chi connectivity index (χ4v) is 2.41. The summed E-state index contributed by atoms with van der Waals surface area (Å²) < 4.78 is 10.2. The summed E-state index contributed by atoms with van der Waals surface area (Å²) in [5, 5.41) is 0. The number of fused-ring (bicyclic) bond motifs is 2. The van der Waals surface area contributed by atoms with Crippen LogP contribution in [0.15, 0.2) is 4.99 Å². The zero-order valence-corrected chi connectivity index (χ0v) is 10.8. The molecule has 2 aliphatic rings. The molecule has 1 aromatic rings. The number of aliphatic imine (C=N–C) groups is 1. The van der Waals surface area contributed by atoms with Crippen molar-refractivity contribution >= 4 is 17.8 Å². The average molecular weight is 262 g/mol. The zero-order chi connectivity index (χ0) is 13.4. The Bertz CT molecular complexity index is 558. The number of carbonyl (C=O) groups excluding carboxylic acids is 1. The summed E-state index contributed by atoms with van der Waals surface area (Å²) in [6, 6.07) is 0.147. The Morgan fingerprint density at radius 3 is 2.89 bits per heavy atom. The van der Waals surface area contributed by atoms with Crippen molar-refractivity contribution in [2.45, 2.75) is 18.9 Å². The normalized spacial score (nSPS) is 20.8. The van der Waals surface area contributed by atoms with Crippen molar-refractivity contribution in [1.29, 1.82) is 0 Å². The molecule has 100 valence electrons. The lowest BCUT2D eigenvalue weighted by atomic mass is 10.2. The van der Waals surface area contributed by atoms with Gasteiger partial charge in [-0.05, 0) is 12.8 Å². The molecule has 7 heteroatoms. The van der Waals surface area contributed by atoms with Crippen molar-refractivity contribution in [3.05, 3.63) is 5.69 Å². The number of ether oxygens (including phenoxy) is 2. The molecular formula is C12H14N4O3. The molecule has 7 nitrogen and oxygen atoms in total. The van der Waals surface area contributed by atoms with E-state index in [1.807, 2.05) is 0 Å². The van der Waals surface area contributed by atoms with Crippen LogP contribution in [-0.2, 0) is 0 Å². The van der Waals surface area contributed by atoms with E-state index in [0.29, 0.717) is 5.69 Å². The van der Waals surface area contributed by atoms with E-state index >= 15 is 0 Å². The smallest absolute Gasteiger partial charge is 0.320 e. The summed E-state index contributed by atoms with van der Waals surface area (Å²) in [7, 11) is 2.93. The predicted octanol–water partition coefficient (Wildman–Crippen LogP) is 0.814. The van der Waals surface area contributed by atoms with E-state index in [-0.39, 0.29) is 29.5 Å². The topological polar surface area (TPSA) is 76.9 Å². The second kappa shape index (κ2) is 4.49. The minimum Gasteiger partial charge on any atom is -0.479 e. The van der Waals surface area contributed by atoms with Crippen molar-refractivity contribution in [1.82, 2.24) is 14.9 Å². The average Bonchev–Trinajstić information content (AvgIpc) is 2.87. The maximum Gasteiger partial charge on any atom is 0.320 e. The number of hydrogen-bond acceptors (Lipinski definition) is 6. The Morgan fingerprint density at radius 2 is 2.16 bits per heavy atom. The van der Waals surface area contributed by atoms with Gasteiger partial charge in [-0.25, -0.2) is 0 Å². The quantitative estimate of drug-likeness (QED) is 0.788. The highest BCUT2D eigenvalue weighted by atomic mass is 16.5. The Kier molecular flexibility index (Phi) is 2.81. The van der Waals surface area contributed by atoms with Crippen molar-refractivity contribution in [3.63, 3.8) is 0 Å². The van der Waals surface area contributed by atoms with Gasteiger partial charge in [0.2, 0.25) is 5.88 Å². The standard InChI is InChI=1S/C12H14N4O3/c1-18-10-8-9(14-12(15-10)19-2)11(17)16-5-3-4-7(16)6-13-8/h6-7H,3-5H2,1-2H3/t7-/m0/s1. The van der Waals surface area contributed by atoms with Crippen LogP contribution in [0.4, 0.5) is 5.69 Å². The van der Waals surface area contributed by atoms with Gasteiger partial charge in [-0.2, -0.15) is 9.97 Å². The van der Waals surface area contributed by atoms with Crippen LogP contribution < -0.4 is 9.47 Å². The van der Waals surface area contributed by atoms with Gasteiger partial charge in [-0.1, -0.05) is 0 Å². The maximum atomic E-state index is 12.5. The molecule has 0 aliphatic carbocycles. The Labute approximate surface area is 110 Å². The molecule has 19 heavy (non-hydrogen) atoms. The fraction of sp³-hybridized carbons (Fsp3) is 0.500. The van der Waals surface area contributed by atoms with E-state index < -0.39 is 0 Å². The fourth-order valence-electron chi connectivity index (χ4n) is 2.41. The lowest BCUT2D eigenvalue weighted by Crippen LogP contribution is -2.35. The minimum absolute atomic E-state index is 0.0393. The monoisotopic (exact) mass is 262 g/mol. The third-order valence-corrected chi connectivity index (χ3v) is 3.35. The Morgan fingerprint density at radius 1 is 1.32 bits per heavy atom. The summed E-state index contributed by atoms with van der Waals surface area (Å²) >= 11 is 0. The van der Waals surface area contributed by atoms with Crippen molar-refractivity contribution < 1.29 is 14.3 Å². The number of hydrogen-bond donors (Lipinski definition) is 0. The van der Waals surface area contributed by atoms with Gasteiger partial charge in [0.15, 0.2) is 11.4 Å². The van der Waals surface area contributed by atoms with Gasteiger partial charge >= 0.3 is 6.01 Å². The van der Waals surface area contributed by atoms with E-state index in [9.17, 15) is 4.79 Å². The van der Waals surface area contributed by atoms with Gasteiger partial charge in [-0.3, -0.25) is 9.79 Å². The summed E-state index contributed by atoms with van der Waals surface area (Å²) in [6.45, 7) is 0.726.